The van der Waals surface area contributed by atoms with Crippen LogP contribution >= 0.6 is 0 Å². The van der Waals surface area contributed by atoms with E-state index in [4.69, 9.17) is 0 Å². The fourth-order valence-corrected chi connectivity index (χ4v) is 2.53. The largest absolute Gasteiger partial charge is 0.265 e. The standard InChI is InChI=1S/C18H14.C5H5N/c1-3-9-15(10-4-1)17-13-7-8-14-18(17)16-11-5-2-6-12-16;1-2-4-6-5-3-1/h1-14H;1-5H. The molecule has 4 aromatic rings. The third-order valence-corrected chi connectivity index (χ3v) is 3.66. The van der Waals surface area contributed by atoms with E-state index in [1.54, 1.807) is 12.4 Å². The molecule has 0 aliphatic carbocycles. The van der Waals surface area contributed by atoms with Crippen LogP contribution in [0.15, 0.2) is 116 Å². The summed E-state index contributed by atoms with van der Waals surface area (Å²) in [5, 5.41) is 0. The van der Waals surface area contributed by atoms with Crippen molar-refractivity contribution in [3.8, 4) is 22.3 Å². The van der Waals surface area contributed by atoms with Crippen LogP contribution in [0.2, 0.25) is 0 Å². The topological polar surface area (TPSA) is 12.9 Å². The average Bonchev–Trinajstić information content (AvgIpc) is 2.71. The van der Waals surface area contributed by atoms with E-state index in [0.717, 1.165) is 0 Å². The van der Waals surface area contributed by atoms with Gasteiger partial charge in [-0.05, 0) is 34.4 Å². The van der Waals surface area contributed by atoms with E-state index >= 15 is 0 Å². The molecule has 1 heteroatoms. The van der Waals surface area contributed by atoms with Crippen LogP contribution in [0, 0.1) is 0 Å². The highest BCUT2D eigenvalue weighted by Gasteiger charge is 2.05. The smallest absolute Gasteiger partial charge is 0.0267 e. The highest BCUT2D eigenvalue weighted by Crippen LogP contribution is 2.31. The molecule has 0 radical (unpaired) electrons. The van der Waals surface area contributed by atoms with Gasteiger partial charge >= 0.3 is 0 Å². The minimum Gasteiger partial charge on any atom is -0.265 e. The van der Waals surface area contributed by atoms with Crippen LogP contribution in [-0.4, -0.2) is 4.98 Å². The summed E-state index contributed by atoms with van der Waals surface area (Å²) in [6.07, 6.45) is 3.50. The van der Waals surface area contributed by atoms with Crippen molar-refractivity contribution in [3.05, 3.63) is 116 Å². The zero-order valence-electron chi connectivity index (χ0n) is 13.4. The summed E-state index contributed by atoms with van der Waals surface area (Å²) < 4.78 is 0. The highest BCUT2D eigenvalue weighted by atomic mass is 14.6. The van der Waals surface area contributed by atoms with Crippen molar-refractivity contribution in [2.75, 3.05) is 0 Å². The van der Waals surface area contributed by atoms with Gasteiger partial charge in [0.25, 0.3) is 0 Å². The molecule has 0 saturated heterocycles. The van der Waals surface area contributed by atoms with Crippen LogP contribution < -0.4 is 0 Å². The molecule has 0 aliphatic rings. The van der Waals surface area contributed by atoms with Gasteiger partial charge < -0.3 is 0 Å². The summed E-state index contributed by atoms with van der Waals surface area (Å²) in [5.74, 6) is 0. The second kappa shape index (κ2) is 8.44. The van der Waals surface area contributed by atoms with E-state index in [0.29, 0.717) is 0 Å². The minimum atomic E-state index is 1.26. The second-order valence-electron chi connectivity index (χ2n) is 5.30. The zero-order chi connectivity index (χ0) is 16.5. The maximum absolute atomic E-state index is 3.78. The lowest BCUT2D eigenvalue weighted by atomic mass is 9.95. The first-order chi connectivity index (χ1) is 11.9. The molecule has 116 valence electrons. The Kier molecular flexibility index (Phi) is 5.52. The monoisotopic (exact) mass is 309 g/mol. The quantitative estimate of drug-likeness (QED) is 0.436. The fourth-order valence-electron chi connectivity index (χ4n) is 2.53. The van der Waals surface area contributed by atoms with Crippen LogP contribution in [0.4, 0.5) is 0 Å². The van der Waals surface area contributed by atoms with E-state index in [-0.39, 0.29) is 0 Å². The van der Waals surface area contributed by atoms with E-state index in [2.05, 4.69) is 89.9 Å². The molecule has 0 bridgehead atoms. The normalized spacial score (nSPS) is 9.67. The second-order valence-corrected chi connectivity index (χ2v) is 5.30. The number of aromatic nitrogens is 1. The van der Waals surface area contributed by atoms with Gasteiger partial charge in [0.05, 0.1) is 0 Å². The Morgan fingerprint density at radius 3 is 1.08 bits per heavy atom. The molecule has 0 amide bonds. The Bertz CT molecular complexity index is 755. The van der Waals surface area contributed by atoms with Crippen molar-refractivity contribution in [1.29, 1.82) is 0 Å². The van der Waals surface area contributed by atoms with Gasteiger partial charge in [-0.15, -0.1) is 0 Å². The van der Waals surface area contributed by atoms with Crippen molar-refractivity contribution in [2.24, 2.45) is 0 Å². The van der Waals surface area contributed by atoms with Crippen molar-refractivity contribution in [2.45, 2.75) is 0 Å². The first-order valence-corrected chi connectivity index (χ1v) is 8.00. The summed E-state index contributed by atoms with van der Waals surface area (Å²) in [6, 6.07) is 35.3. The Hall–Kier alpha value is -3.19. The maximum atomic E-state index is 3.78. The van der Waals surface area contributed by atoms with Crippen molar-refractivity contribution in [1.82, 2.24) is 4.98 Å². The van der Waals surface area contributed by atoms with Gasteiger partial charge in [-0.2, -0.15) is 0 Å². The van der Waals surface area contributed by atoms with E-state index < -0.39 is 0 Å². The number of benzene rings is 3. The molecule has 1 heterocycles. The van der Waals surface area contributed by atoms with Crippen molar-refractivity contribution >= 4 is 0 Å². The number of rotatable bonds is 2. The predicted molar refractivity (Wildman–Crippen MR) is 102 cm³/mol. The van der Waals surface area contributed by atoms with Crippen molar-refractivity contribution < 1.29 is 0 Å². The molecule has 3 aromatic carbocycles. The Labute approximate surface area is 143 Å². The van der Waals surface area contributed by atoms with Gasteiger partial charge in [-0.1, -0.05) is 91.0 Å². The van der Waals surface area contributed by atoms with E-state index in [1.807, 2.05) is 18.2 Å². The molecule has 1 aromatic heterocycles. The first kappa shape index (κ1) is 15.7. The lowest BCUT2D eigenvalue weighted by Crippen LogP contribution is -1.83. The van der Waals surface area contributed by atoms with E-state index in [1.165, 1.54) is 22.3 Å². The zero-order valence-corrected chi connectivity index (χ0v) is 13.4. The molecule has 0 atom stereocenters. The van der Waals surface area contributed by atoms with Crippen LogP contribution in [0.3, 0.4) is 0 Å². The third kappa shape index (κ3) is 4.17. The molecule has 1 nitrogen and oxygen atoms in total. The maximum Gasteiger partial charge on any atom is 0.0267 e. The van der Waals surface area contributed by atoms with Gasteiger partial charge in [-0.3, -0.25) is 4.98 Å². The molecule has 0 aliphatic heterocycles. The fraction of sp³-hybridized carbons (Fsp3) is 0. The molecule has 0 unspecified atom stereocenters. The lowest BCUT2D eigenvalue weighted by Gasteiger charge is -2.09. The van der Waals surface area contributed by atoms with Crippen LogP contribution in [0.1, 0.15) is 0 Å². The molecule has 0 spiro atoms. The van der Waals surface area contributed by atoms with Gasteiger partial charge in [0.1, 0.15) is 0 Å². The summed E-state index contributed by atoms with van der Waals surface area (Å²) in [6.45, 7) is 0. The summed E-state index contributed by atoms with van der Waals surface area (Å²) in [5.41, 5.74) is 5.09. The molecule has 0 N–H and O–H groups in total. The van der Waals surface area contributed by atoms with E-state index in [9.17, 15) is 0 Å². The van der Waals surface area contributed by atoms with Gasteiger partial charge in [0, 0.05) is 12.4 Å². The van der Waals surface area contributed by atoms with Gasteiger partial charge in [-0.25, -0.2) is 0 Å². The van der Waals surface area contributed by atoms with Crippen molar-refractivity contribution in [3.63, 3.8) is 0 Å². The molecule has 0 fully saturated rings. The first-order valence-electron chi connectivity index (χ1n) is 8.00. The molecular weight excluding hydrogens is 290 g/mol. The lowest BCUT2D eigenvalue weighted by molar-refractivity contribution is 1.33. The Morgan fingerprint density at radius 2 is 0.750 bits per heavy atom. The Balaban J connectivity index is 0.000000238. The van der Waals surface area contributed by atoms with Gasteiger partial charge in [0.2, 0.25) is 0 Å². The summed E-state index contributed by atoms with van der Waals surface area (Å²) in [4.78, 5) is 3.78. The van der Waals surface area contributed by atoms with Crippen LogP contribution in [-0.2, 0) is 0 Å². The SMILES string of the molecule is c1ccc(-c2ccccc2-c2ccccc2)cc1.c1ccncc1. The summed E-state index contributed by atoms with van der Waals surface area (Å²) >= 11 is 0. The predicted octanol–water partition coefficient (Wildman–Crippen LogP) is 6.10. The Morgan fingerprint density at radius 1 is 0.375 bits per heavy atom. The molecule has 4 rings (SSSR count). The number of hydrogen-bond donors (Lipinski definition) is 0. The van der Waals surface area contributed by atoms with Crippen LogP contribution in [0.25, 0.3) is 22.3 Å². The number of hydrogen-bond acceptors (Lipinski definition) is 1. The average molecular weight is 309 g/mol. The number of nitrogens with zero attached hydrogens (tertiary/aromatic N) is 1. The number of pyridine rings is 1. The molecular formula is C23H19N. The summed E-state index contributed by atoms with van der Waals surface area (Å²) in [7, 11) is 0. The molecule has 24 heavy (non-hydrogen) atoms. The van der Waals surface area contributed by atoms with Crippen LogP contribution in [0.5, 0.6) is 0 Å². The highest BCUT2D eigenvalue weighted by molar-refractivity contribution is 5.83. The van der Waals surface area contributed by atoms with Gasteiger partial charge in [0.15, 0.2) is 0 Å². The third-order valence-electron chi connectivity index (χ3n) is 3.66. The minimum absolute atomic E-state index is 1.26. The molecule has 0 saturated carbocycles.